The molecule has 1 saturated heterocycles. The molecule has 2 rings (SSSR count). The Bertz CT molecular complexity index is 307. The molecule has 1 saturated carbocycles. The van der Waals surface area contributed by atoms with Crippen LogP contribution in [-0.4, -0.2) is 49.1 Å². The Labute approximate surface area is 108 Å². The van der Waals surface area contributed by atoms with Crippen molar-refractivity contribution in [2.45, 2.75) is 50.6 Å². The number of piperidine rings is 1. The molecule has 1 heterocycles. The van der Waals surface area contributed by atoms with Crippen molar-refractivity contribution in [1.82, 2.24) is 10.2 Å². The van der Waals surface area contributed by atoms with Gasteiger partial charge in [-0.25, -0.2) is 0 Å². The van der Waals surface area contributed by atoms with Gasteiger partial charge in [-0.05, 0) is 25.7 Å². The summed E-state index contributed by atoms with van der Waals surface area (Å²) in [6.45, 7) is 2.18. The lowest BCUT2D eigenvalue weighted by molar-refractivity contribution is -0.142. The average molecular weight is 254 g/mol. The smallest absolute Gasteiger partial charge is 0.306 e. The maximum Gasteiger partial charge on any atom is 0.306 e. The van der Waals surface area contributed by atoms with Crippen LogP contribution in [-0.2, 0) is 14.3 Å². The Morgan fingerprint density at radius 2 is 1.83 bits per heavy atom. The second-order valence-electron chi connectivity index (χ2n) is 5.19. The Morgan fingerprint density at radius 3 is 2.39 bits per heavy atom. The van der Waals surface area contributed by atoms with Crippen LogP contribution in [0.25, 0.3) is 0 Å². The van der Waals surface area contributed by atoms with Gasteiger partial charge in [-0.15, -0.1) is 0 Å². The fourth-order valence-corrected chi connectivity index (χ4v) is 2.47. The minimum Gasteiger partial charge on any atom is -0.469 e. The van der Waals surface area contributed by atoms with E-state index in [9.17, 15) is 9.59 Å². The molecule has 0 unspecified atom stereocenters. The van der Waals surface area contributed by atoms with Crippen molar-refractivity contribution in [2.75, 3.05) is 20.2 Å². The first kappa shape index (κ1) is 13.3. The van der Waals surface area contributed by atoms with E-state index >= 15 is 0 Å². The molecule has 5 nitrogen and oxygen atoms in total. The highest BCUT2D eigenvalue weighted by molar-refractivity contribution is 5.81. The van der Waals surface area contributed by atoms with E-state index in [1.807, 2.05) is 0 Å². The van der Waals surface area contributed by atoms with Crippen LogP contribution in [0.4, 0.5) is 0 Å². The first-order chi connectivity index (χ1) is 8.69. The molecule has 1 aliphatic heterocycles. The van der Waals surface area contributed by atoms with E-state index in [1.54, 1.807) is 0 Å². The van der Waals surface area contributed by atoms with Crippen LogP contribution in [0.5, 0.6) is 0 Å². The van der Waals surface area contributed by atoms with Gasteiger partial charge in [0.05, 0.1) is 13.5 Å². The largest absolute Gasteiger partial charge is 0.469 e. The number of nitrogens with zero attached hydrogens (tertiary/aromatic N) is 1. The lowest BCUT2D eigenvalue weighted by Crippen LogP contribution is -2.45. The van der Waals surface area contributed by atoms with Gasteiger partial charge in [0.15, 0.2) is 0 Å². The SMILES string of the molecule is COC(=O)CCC(=O)NC1CCN(C2CC2)CC1. The Balaban J connectivity index is 1.61. The maximum absolute atomic E-state index is 11.6. The number of nitrogens with one attached hydrogen (secondary N) is 1. The molecule has 1 aliphatic carbocycles. The van der Waals surface area contributed by atoms with Gasteiger partial charge in [0.2, 0.25) is 5.91 Å². The van der Waals surface area contributed by atoms with Crippen LogP contribution in [0.3, 0.4) is 0 Å². The second kappa shape index (κ2) is 6.18. The molecule has 0 radical (unpaired) electrons. The van der Waals surface area contributed by atoms with Crippen LogP contribution in [0.1, 0.15) is 38.5 Å². The van der Waals surface area contributed by atoms with Gasteiger partial charge in [0.1, 0.15) is 0 Å². The number of esters is 1. The summed E-state index contributed by atoms with van der Waals surface area (Å²) in [6.07, 6.45) is 5.14. The van der Waals surface area contributed by atoms with Crippen LogP contribution >= 0.6 is 0 Å². The third-order valence-electron chi connectivity index (χ3n) is 3.74. The second-order valence-corrected chi connectivity index (χ2v) is 5.19. The molecule has 102 valence electrons. The maximum atomic E-state index is 11.6. The summed E-state index contributed by atoms with van der Waals surface area (Å²) >= 11 is 0. The zero-order valence-electron chi connectivity index (χ0n) is 11.0. The first-order valence-electron chi connectivity index (χ1n) is 6.79. The summed E-state index contributed by atoms with van der Waals surface area (Å²) in [7, 11) is 1.34. The van der Waals surface area contributed by atoms with E-state index in [0.717, 1.165) is 32.0 Å². The first-order valence-corrected chi connectivity index (χ1v) is 6.79. The molecule has 5 heteroatoms. The molecular weight excluding hydrogens is 232 g/mol. The van der Waals surface area contributed by atoms with Crippen molar-refractivity contribution < 1.29 is 14.3 Å². The van der Waals surface area contributed by atoms with Crippen molar-refractivity contribution in [3.05, 3.63) is 0 Å². The summed E-state index contributed by atoms with van der Waals surface area (Å²) in [5.74, 6) is -0.362. The molecular formula is C13H22N2O3. The van der Waals surface area contributed by atoms with E-state index in [1.165, 1.54) is 20.0 Å². The summed E-state index contributed by atoms with van der Waals surface area (Å²) in [6, 6.07) is 1.10. The van der Waals surface area contributed by atoms with Crippen LogP contribution < -0.4 is 5.32 Å². The van der Waals surface area contributed by atoms with Gasteiger partial charge in [-0.3, -0.25) is 9.59 Å². The number of ether oxygens (including phenoxy) is 1. The van der Waals surface area contributed by atoms with E-state index in [2.05, 4.69) is 15.0 Å². The summed E-state index contributed by atoms with van der Waals surface area (Å²) in [5, 5.41) is 3.00. The number of rotatable bonds is 5. The van der Waals surface area contributed by atoms with Crippen LogP contribution in [0.2, 0.25) is 0 Å². The van der Waals surface area contributed by atoms with Crippen LogP contribution in [0, 0.1) is 0 Å². The molecule has 0 bridgehead atoms. The fourth-order valence-electron chi connectivity index (χ4n) is 2.47. The Morgan fingerprint density at radius 1 is 1.17 bits per heavy atom. The molecule has 2 aliphatic rings. The molecule has 18 heavy (non-hydrogen) atoms. The van der Waals surface area contributed by atoms with Crippen LogP contribution in [0.15, 0.2) is 0 Å². The molecule has 0 aromatic heterocycles. The van der Waals surface area contributed by atoms with Gasteiger partial charge >= 0.3 is 5.97 Å². The molecule has 2 fully saturated rings. The van der Waals surface area contributed by atoms with E-state index in [4.69, 9.17) is 0 Å². The third-order valence-corrected chi connectivity index (χ3v) is 3.74. The predicted octanol–water partition coefficient (Wildman–Crippen LogP) is 0.683. The standard InChI is InChI=1S/C13H22N2O3/c1-18-13(17)5-4-12(16)14-10-6-8-15(9-7-10)11-2-3-11/h10-11H,2-9H2,1H3,(H,14,16). The minimum absolute atomic E-state index is 0.0368. The minimum atomic E-state index is -0.325. The van der Waals surface area contributed by atoms with Crippen molar-refractivity contribution in [3.63, 3.8) is 0 Å². The van der Waals surface area contributed by atoms with E-state index < -0.39 is 0 Å². The number of carbonyl (C=O) groups excluding carboxylic acids is 2. The Hall–Kier alpha value is -1.10. The monoisotopic (exact) mass is 254 g/mol. The number of hydrogen-bond donors (Lipinski definition) is 1. The molecule has 1 amide bonds. The molecule has 0 aromatic rings. The Kier molecular flexibility index (Phi) is 4.58. The van der Waals surface area contributed by atoms with E-state index in [-0.39, 0.29) is 30.8 Å². The van der Waals surface area contributed by atoms with Crippen molar-refractivity contribution in [1.29, 1.82) is 0 Å². The van der Waals surface area contributed by atoms with Gasteiger partial charge in [-0.2, -0.15) is 0 Å². The number of amides is 1. The highest BCUT2D eigenvalue weighted by Crippen LogP contribution is 2.29. The van der Waals surface area contributed by atoms with Crippen molar-refractivity contribution >= 4 is 11.9 Å². The molecule has 0 spiro atoms. The zero-order chi connectivity index (χ0) is 13.0. The number of hydrogen-bond acceptors (Lipinski definition) is 4. The summed E-state index contributed by atoms with van der Waals surface area (Å²) < 4.78 is 4.51. The highest BCUT2D eigenvalue weighted by atomic mass is 16.5. The van der Waals surface area contributed by atoms with Gasteiger partial charge < -0.3 is 15.0 Å². The van der Waals surface area contributed by atoms with Crippen molar-refractivity contribution in [3.8, 4) is 0 Å². The third kappa shape index (κ3) is 3.98. The normalized spacial score (nSPS) is 21.6. The number of methoxy groups -OCH3 is 1. The predicted molar refractivity (Wildman–Crippen MR) is 67.0 cm³/mol. The van der Waals surface area contributed by atoms with E-state index in [0.29, 0.717) is 0 Å². The average Bonchev–Trinajstić information content (AvgIpc) is 3.21. The van der Waals surface area contributed by atoms with Gasteiger partial charge in [0.25, 0.3) is 0 Å². The quantitative estimate of drug-likeness (QED) is 0.733. The lowest BCUT2D eigenvalue weighted by Gasteiger charge is -2.32. The molecule has 0 atom stereocenters. The van der Waals surface area contributed by atoms with Gasteiger partial charge in [-0.1, -0.05) is 0 Å². The topological polar surface area (TPSA) is 58.6 Å². The number of likely N-dealkylation sites (tertiary alicyclic amines) is 1. The summed E-state index contributed by atoms with van der Waals surface area (Å²) in [4.78, 5) is 25.1. The highest BCUT2D eigenvalue weighted by Gasteiger charge is 2.31. The zero-order valence-corrected chi connectivity index (χ0v) is 11.0. The van der Waals surface area contributed by atoms with Crippen molar-refractivity contribution in [2.24, 2.45) is 0 Å². The molecule has 0 aromatic carbocycles. The molecule has 1 N–H and O–H groups in total. The fraction of sp³-hybridized carbons (Fsp3) is 0.846. The van der Waals surface area contributed by atoms with Gasteiger partial charge in [0, 0.05) is 31.6 Å². The number of carbonyl (C=O) groups is 2. The lowest BCUT2D eigenvalue weighted by atomic mass is 10.0. The summed E-state index contributed by atoms with van der Waals surface area (Å²) in [5.41, 5.74) is 0.